The first-order chi connectivity index (χ1) is 11.6. The summed E-state index contributed by atoms with van der Waals surface area (Å²) in [4.78, 5) is 23.4. The second kappa shape index (κ2) is 7.17. The van der Waals surface area contributed by atoms with Gasteiger partial charge in [-0.2, -0.15) is 0 Å². The summed E-state index contributed by atoms with van der Waals surface area (Å²) in [5, 5.41) is 2.83. The average molecular weight is 325 g/mol. The molecule has 0 bridgehead atoms. The largest absolute Gasteiger partial charge is 0.490 e. The maximum Gasteiger partial charge on any atom is 0.228 e. The predicted molar refractivity (Wildman–Crippen MR) is 90.8 cm³/mol. The van der Waals surface area contributed by atoms with Crippen LogP contribution in [0.4, 0.5) is 5.69 Å². The fraction of sp³-hybridized carbons (Fsp3) is 0.263. The van der Waals surface area contributed by atoms with Crippen LogP contribution in [-0.2, 0) is 11.2 Å². The molecule has 5 nitrogen and oxygen atoms in total. The number of fused-ring (bicyclic) bond motifs is 1. The Bertz CT molecular complexity index is 752. The number of ketones is 1. The number of amides is 1. The molecule has 0 saturated heterocycles. The van der Waals surface area contributed by atoms with Crippen molar-refractivity contribution < 1.29 is 19.1 Å². The Balaban J connectivity index is 1.64. The molecule has 0 atom stereocenters. The number of Topliss-reactive ketones (excluding diaryl/α,β-unsaturated/α-hetero) is 1. The number of carbonyl (C=O) groups is 2. The van der Waals surface area contributed by atoms with Gasteiger partial charge in [0, 0.05) is 17.7 Å². The molecule has 0 unspecified atom stereocenters. The monoisotopic (exact) mass is 325 g/mol. The molecule has 0 aliphatic carbocycles. The Labute approximate surface area is 140 Å². The van der Waals surface area contributed by atoms with Crippen LogP contribution in [0.25, 0.3) is 0 Å². The molecule has 3 rings (SSSR count). The highest BCUT2D eigenvalue weighted by Gasteiger charge is 2.12. The average Bonchev–Trinajstić information content (AvgIpc) is 2.80. The Kier molecular flexibility index (Phi) is 4.79. The maximum atomic E-state index is 12.2. The van der Waals surface area contributed by atoms with Crippen molar-refractivity contribution in [3.8, 4) is 11.5 Å². The van der Waals surface area contributed by atoms with Crippen LogP contribution < -0.4 is 14.8 Å². The van der Waals surface area contributed by atoms with Crippen LogP contribution in [0.2, 0.25) is 0 Å². The van der Waals surface area contributed by atoms with E-state index < -0.39 is 0 Å². The van der Waals surface area contributed by atoms with Gasteiger partial charge in [-0.05, 0) is 48.9 Å². The molecule has 1 N–H and O–H groups in total. The van der Waals surface area contributed by atoms with Crippen molar-refractivity contribution in [2.45, 2.75) is 19.8 Å². The third kappa shape index (κ3) is 3.93. The van der Waals surface area contributed by atoms with Gasteiger partial charge in [0.1, 0.15) is 0 Å². The van der Waals surface area contributed by atoms with Crippen LogP contribution in [0.15, 0.2) is 42.5 Å². The van der Waals surface area contributed by atoms with Gasteiger partial charge in [0.15, 0.2) is 17.3 Å². The van der Waals surface area contributed by atoms with E-state index in [1.54, 1.807) is 24.3 Å². The number of hydrogen-bond donors (Lipinski definition) is 1. The summed E-state index contributed by atoms with van der Waals surface area (Å²) >= 11 is 0. The van der Waals surface area contributed by atoms with Gasteiger partial charge in [0.2, 0.25) is 5.91 Å². The molecule has 24 heavy (non-hydrogen) atoms. The van der Waals surface area contributed by atoms with Crippen LogP contribution in [0.1, 0.15) is 29.3 Å². The minimum atomic E-state index is -0.125. The second-order valence-corrected chi connectivity index (χ2v) is 5.69. The van der Waals surface area contributed by atoms with Gasteiger partial charge >= 0.3 is 0 Å². The molecule has 0 fully saturated rings. The normalized spacial score (nSPS) is 13.0. The van der Waals surface area contributed by atoms with Gasteiger partial charge in [-0.15, -0.1) is 0 Å². The smallest absolute Gasteiger partial charge is 0.228 e. The molecule has 1 aliphatic rings. The minimum Gasteiger partial charge on any atom is -0.490 e. The number of benzene rings is 2. The quantitative estimate of drug-likeness (QED) is 0.877. The molecule has 1 amide bonds. The fourth-order valence-electron chi connectivity index (χ4n) is 2.50. The highest BCUT2D eigenvalue weighted by molar-refractivity contribution is 5.96. The topological polar surface area (TPSA) is 64.6 Å². The third-order valence-corrected chi connectivity index (χ3v) is 3.75. The summed E-state index contributed by atoms with van der Waals surface area (Å²) in [6, 6.07) is 12.4. The lowest BCUT2D eigenvalue weighted by molar-refractivity contribution is -0.115. The van der Waals surface area contributed by atoms with Crippen LogP contribution in [-0.4, -0.2) is 24.9 Å². The van der Waals surface area contributed by atoms with Crippen LogP contribution in [0.3, 0.4) is 0 Å². The van der Waals surface area contributed by atoms with Crippen molar-refractivity contribution in [3.05, 3.63) is 53.6 Å². The molecule has 2 aromatic rings. The lowest BCUT2D eigenvalue weighted by atomic mass is 10.1. The van der Waals surface area contributed by atoms with Gasteiger partial charge in [0.25, 0.3) is 0 Å². The zero-order chi connectivity index (χ0) is 16.9. The van der Waals surface area contributed by atoms with Crippen molar-refractivity contribution in [1.29, 1.82) is 0 Å². The van der Waals surface area contributed by atoms with Crippen molar-refractivity contribution in [2.75, 3.05) is 18.5 Å². The van der Waals surface area contributed by atoms with E-state index in [0.717, 1.165) is 17.7 Å². The standard InChI is InChI=1S/C19H19NO4/c1-13(21)15-4-6-16(7-5-15)20-19(22)12-14-3-8-17-18(11-14)24-10-2-9-23-17/h3-8,11H,2,9-10,12H2,1H3,(H,20,22). The number of hydrogen-bond acceptors (Lipinski definition) is 4. The molecule has 1 heterocycles. The summed E-state index contributed by atoms with van der Waals surface area (Å²) in [7, 11) is 0. The maximum absolute atomic E-state index is 12.2. The predicted octanol–water partition coefficient (Wildman–Crippen LogP) is 3.23. The van der Waals surface area contributed by atoms with E-state index >= 15 is 0 Å². The van der Waals surface area contributed by atoms with Gasteiger partial charge in [-0.1, -0.05) is 6.07 Å². The summed E-state index contributed by atoms with van der Waals surface area (Å²) in [6.45, 7) is 2.77. The summed E-state index contributed by atoms with van der Waals surface area (Å²) < 4.78 is 11.2. The first-order valence-electron chi connectivity index (χ1n) is 7.91. The minimum absolute atomic E-state index is 0.0000677. The number of carbonyl (C=O) groups excluding carboxylic acids is 2. The molecule has 0 radical (unpaired) electrons. The van der Waals surface area contributed by atoms with Crippen LogP contribution >= 0.6 is 0 Å². The van der Waals surface area contributed by atoms with Crippen molar-refractivity contribution in [3.63, 3.8) is 0 Å². The Morgan fingerprint density at radius 3 is 2.42 bits per heavy atom. The second-order valence-electron chi connectivity index (χ2n) is 5.69. The van der Waals surface area contributed by atoms with Gasteiger partial charge in [-0.25, -0.2) is 0 Å². The summed E-state index contributed by atoms with van der Waals surface area (Å²) in [5.41, 5.74) is 2.15. The number of ether oxygens (including phenoxy) is 2. The summed E-state index contributed by atoms with van der Waals surface area (Å²) in [6.07, 6.45) is 1.09. The van der Waals surface area contributed by atoms with Gasteiger partial charge < -0.3 is 14.8 Å². The molecular weight excluding hydrogens is 306 g/mol. The van der Waals surface area contributed by atoms with Crippen molar-refractivity contribution in [1.82, 2.24) is 0 Å². The fourth-order valence-corrected chi connectivity index (χ4v) is 2.50. The van der Waals surface area contributed by atoms with Crippen molar-refractivity contribution in [2.24, 2.45) is 0 Å². The van der Waals surface area contributed by atoms with E-state index in [1.807, 2.05) is 18.2 Å². The summed E-state index contributed by atoms with van der Waals surface area (Å²) in [5.74, 6) is 1.28. The number of rotatable bonds is 4. The van der Waals surface area contributed by atoms with Crippen molar-refractivity contribution >= 4 is 17.4 Å². The SMILES string of the molecule is CC(=O)c1ccc(NC(=O)Cc2ccc3c(c2)OCCCO3)cc1. The molecule has 2 aromatic carbocycles. The van der Waals surface area contributed by atoms with Gasteiger partial charge in [0.05, 0.1) is 19.6 Å². The third-order valence-electron chi connectivity index (χ3n) is 3.75. The van der Waals surface area contributed by atoms with Crippen LogP contribution in [0, 0.1) is 0 Å². The molecular formula is C19H19NO4. The van der Waals surface area contributed by atoms with E-state index in [-0.39, 0.29) is 18.1 Å². The van der Waals surface area contributed by atoms with E-state index in [2.05, 4.69) is 5.32 Å². The van der Waals surface area contributed by atoms with Gasteiger partial charge in [-0.3, -0.25) is 9.59 Å². The first-order valence-corrected chi connectivity index (χ1v) is 7.91. The first kappa shape index (κ1) is 16.1. The van der Waals surface area contributed by atoms with E-state index in [1.165, 1.54) is 6.92 Å². The molecule has 0 saturated carbocycles. The number of anilines is 1. The van der Waals surface area contributed by atoms with E-state index in [9.17, 15) is 9.59 Å². The Morgan fingerprint density at radius 2 is 1.71 bits per heavy atom. The number of nitrogens with one attached hydrogen (secondary N) is 1. The molecule has 124 valence electrons. The highest BCUT2D eigenvalue weighted by atomic mass is 16.5. The van der Waals surface area contributed by atoms with E-state index in [4.69, 9.17) is 9.47 Å². The zero-order valence-corrected chi connectivity index (χ0v) is 13.5. The molecule has 5 heteroatoms. The molecule has 1 aliphatic heterocycles. The van der Waals surface area contributed by atoms with Crippen LogP contribution in [0.5, 0.6) is 11.5 Å². The highest BCUT2D eigenvalue weighted by Crippen LogP contribution is 2.30. The zero-order valence-electron chi connectivity index (χ0n) is 13.5. The molecule has 0 spiro atoms. The lowest BCUT2D eigenvalue weighted by Gasteiger charge is -2.10. The Hall–Kier alpha value is -2.82. The Morgan fingerprint density at radius 1 is 1.00 bits per heavy atom. The molecule has 0 aromatic heterocycles. The lowest BCUT2D eigenvalue weighted by Crippen LogP contribution is -2.14. The van der Waals surface area contributed by atoms with E-state index in [0.29, 0.717) is 30.2 Å².